The number of guanidine groups is 1. The van der Waals surface area contributed by atoms with E-state index < -0.39 is 0 Å². The Bertz CT molecular complexity index is 748. The van der Waals surface area contributed by atoms with E-state index in [1.54, 1.807) is 28.4 Å². The lowest BCUT2D eigenvalue weighted by Gasteiger charge is -2.18. The van der Waals surface area contributed by atoms with E-state index in [2.05, 4.69) is 53.7 Å². The van der Waals surface area contributed by atoms with Crippen molar-refractivity contribution in [2.24, 2.45) is 4.99 Å². The van der Waals surface area contributed by atoms with Crippen molar-refractivity contribution in [2.45, 2.75) is 19.8 Å². The summed E-state index contributed by atoms with van der Waals surface area (Å²) in [6.07, 6.45) is 0. The molecule has 2 rings (SSSR count). The van der Waals surface area contributed by atoms with Crippen molar-refractivity contribution in [3.05, 3.63) is 47.5 Å². The molecule has 2 aromatic carbocycles. The lowest BCUT2D eigenvalue weighted by atomic mass is 10.0. The molecule has 0 aliphatic carbocycles. The fraction of sp³-hybridized carbons (Fsp3) is 0.381. The Labute approximate surface area is 161 Å². The second-order valence-electron chi connectivity index (χ2n) is 6.30. The molecule has 0 spiro atoms. The standard InChI is InChI=1S/C21H29N3O3/c1-14-7-9-16(10-8-14)15(2)13-23-21(22-3)24-17-11-18(25-4)20(27-6)19(12-17)26-5/h7-12,15H,13H2,1-6H3,(H2,22,23,24). The first kappa shape index (κ1) is 20.4. The highest BCUT2D eigenvalue weighted by molar-refractivity contribution is 5.94. The molecule has 6 heteroatoms. The Morgan fingerprint density at radius 2 is 1.59 bits per heavy atom. The summed E-state index contributed by atoms with van der Waals surface area (Å²) in [5.41, 5.74) is 3.34. The minimum atomic E-state index is 0.351. The molecule has 0 saturated carbocycles. The lowest BCUT2D eigenvalue weighted by molar-refractivity contribution is 0.324. The summed E-state index contributed by atoms with van der Waals surface area (Å²) in [4.78, 5) is 4.30. The number of aryl methyl sites for hydroxylation is 1. The Hall–Kier alpha value is -2.89. The molecule has 0 aromatic heterocycles. The average molecular weight is 371 g/mol. The predicted octanol–water partition coefficient (Wildman–Crippen LogP) is 3.81. The van der Waals surface area contributed by atoms with E-state index in [1.165, 1.54) is 11.1 Å². The van der Waals surface area contributed by atoms with Crippen molar-refractivity contribution in [3.8, 4) is 17.2 Å². The summed E-state index contributed by atoms with van der Waals surface area (Å²) in [5.74, 6) is 2.75. The molecule has 1 unspecified atom stereocenters. The van der Waals surface area contributed by atoms with Crippen LogP contribution in [-0.4, -0.2) is 40.9 Å². The molecule has 0 amide bonds. The molecule has 2 aromatic rings. The van der Waals surface area contributed by atoms with Crippen molar-refractivity contribution < 1.29 is 14.2 Å². The van der Waals surface area contributed by atoms with Gasteiger partial charge in [-0.1, -0.05) is 36.8 Å². The maximum Gasteiger partial charge on any atom is 0.203 e. The fourth-order valence-electron chi connectivity index (χ4n) is 2.73. The van der Waals surface area contributed by atoms with Gasteiger partial charge in [0.15, 0.2) is 17.5 Å². The van der Waals surface area contributed by atoms with Gasteiger partial charge in [0.2, 0.25) is 5.75 Å². The third-order valence-corrected chi connectivity index (χ3v) is 4.37. The van der Waals surface area contributed by atoms with Crippen LogP contribution in [0, 0.1) is 6.92 Å². The summed E-state index contributed by atoms with van der Waals surface area (Å²) in [5, 5.41) is 6.63. The van der Waals surface area contributed by atoms with E-state index in [4.69, 9.17) is 14.2 Å². The van der Waals surface area contributed by atoms with Gasteiger partial charge in [0.05, 0.1) is 21.3 Å². The van der Waals surface area contributed by atoms with Crippen molar-refractivity contribution in [1.29, 1.82) is 0 Å². The molecular weight excluding hydrogens is 342 g/mol. The summed E-state index contributed by atoms with van der Waals surface area (Å²) >= 11 is 0. The first-order chi connectivity index (χ1) is 13.0. The Morgan fingerprint density at radius 1 is 1.00 bits per heavy atom. The van der Waals surface area contributed by atoms with Crippen LogP contribution < -0.4 is 24.8 Å². The maximum atomic E-state index is 5.39. The molecule has 27 heavy (non-hydrogen) atoms. The van der Waals surface area contributed by atoms with Crippen LogP contribution in [0.4, 0.5) is 5.69 Å². The molecular formula is C21H29N3O3. The first-order valence-electron chi connectivity index (χ1n) is 8.86. The second kappa shape index (κ2) is 9.71. The van der Waals surface area contributed by atoms with Crippen LogP contribution in [-0.2, 0) is 0 Å². The summed E-state index contributed by atoms with van der Waals surface area (Å²) in [6.45, 7) is 5.04. The number of methoxy groups -OCH3 is 3. The number of anilines is 1. The van der Waals surface area contributed by atoms with E-state index in [0.717, 1.165) is 12.2 Å². The van der Waals surface area contributed by atoms with E-state index in [-0.39, 0.29) is 0 Å². The van der Waals surface area contributed by atoms with Crippen molar-refractivity contribution in [1.82, 2.24) is 5.32 Å². The zero-order chi connectivity index (χ0) is 19.8. The zero-order valence-electron chi connectivity index (χ0n) is 16.9. The minimum absolute atomic E-state index is 0.351. The molecule has 0 saturated heterocycles. The largest absolute Gasteiger partial charge is 0.493 e. The second-order valence-corrected chi connectivity index (χ2v) is 6.30. The third kappa shape index (κ3) is 5.29. The van der Waals surface area contributed by atoms with Crippen molar-refractivity contribution in [3.63, 3.8) is 0 Å². The highest BCUT2D eigenvalue weighted by Gasteiger charge is 2.14. The number of hydrogen-bond acceptors (Lipinski definition) is 4. The van der Waals surface area contributed by atoms with Gasteiger partial charge in [0, 0.05) is 31.4 Å². The topological polar surface area (TPSA) is 64.1 Å². The molecule has 0 heterocycles. The molecule has 1 atom stereocenters. The molecule has 0 aliphatic heterocycles. The lowest BCUT2D eigenvalue weighted by Crippen LogP contribution is -2.33. The Kier molecular flexibility index (Phi) is 7.34. The maximum absolute atomic E-state index is 5.39. The molecule has 146 valence electrons. The van der Waals surface area contributed by atoms with Crippen LogP contribution in [0.5, 0.6) is 17.2 Å². The molecule has 6 nitrogen and oxygen atoms in total. The average Bonchev–Trinajstić information content (AvgIpc) is 2.70. The van der Waals surface area contributed by atoms with Gasteiger partial charge in [-0.25, -0.2) is 0 Å². The van der Waals surface area contributed by atoms with E-state index >= 15 is 0 Å². The van der Waals surface area contributed by atoms with Gasteiger partial charge in [-0.2, -0.15) is 0 Å². The quantitative estimate of drug-likeness (QED) is 0.572. The van der Waals surface area contributed by atoms with Gasteiger partial charge in [0.1, 0.15) is 0 Å². The van der Waals surface area contributed by atoms with Crippen LogP contribution >= 0.6 is 0 Å². The molecule has 0 fully saturated rings. The minimum Gasteiger partial charge on any atom is -0.493 e. The van der Waals surface area contributed by atoms with E-state index in [1.807, 2.05) is 12.1 Å². The van der Waals surface area contributed by atoms with Gasteiger partial charge in [-0.3, -0.25) is 4.99 Å². The van der Waals surface area contributed by atoms with Gasteiger partial charge in [0.25, 0.3) is 0 Å². The predicted molar refractivity (Wildman–Crippen MR) is 111 cm³/mol. The smallest absolute Gasteiger partial charge is 0.203 e. The summed E-state index contributed by atoms with van der Waals surface area (Å²) < 4.78 is 16.1. The molecule has 2 N–H and O–H groups in total. The Balaban J connectivity index is 2.07. The number of hydrogen-bond donors (Lipinski definition) is 2. The van der Waals surface area contributed by atoms with Crippen LogP contribution in [0.2, 0.25) is 0 Å². The summed E-state index contributed by atoms with van der Waals surface area (Å²) in [6, 6.07) is 12.3. The fourth-order valence-corrected chi connectivity index (χ4v) is 2.73. The number of aliphatic imine (C=N–C) groups is 1. The zero-order valence-corrected chi connectivity index (χ0v) is 16.9. The van der Waals surface area contributed by atoms with Crippen LogP contribution in [0.15, 0.2) is 41.4 Å². The molecule has 0 aliphatic rings. The van der Waals surface area contributed by atoms with E-state index in [9.17, 15) is 0 Å². The molecule has 0 bridgehead atoms. The summed E-state index contributed by atoms with van der Waals surface area (Å²) in [7, 11) is 6.51. The third-order valence-electron chi connectivity index (χ3n) is 4.37. The first-order valence-corrected chi connectivity index (χ1v) is 8.86. The van der Waals surface area contributed by atoms with Crippen molar-refractivity contribution in [2.75, 3.05) is 40.2 Å². The molecule has 0 radical (unpaired) electrons. The SMILES string of the molecule is CN=C(NCC(C)c1ccc(C)cc1)Nc1cc(OC)c(OC)c(OC)c1. The van der Waals surface area contributed by atoms with Gasteiger partial charge >= 0.3 is 0 Å². The number of nitrogens with one attached hydrogen (secondary N) is 2. The monoisotopic (exact) mass is 371 g/mol. The Morgan fingerprint density at radius 3 is 2.07 bits per heavy atom. The van der Waals surface area contributed by atoms with E-state index in [0.29, 0.717) is 29.1 Å². The van der Waals surface area contributed by atoms with Crippen LogP contribution in [0.1, 0.15) is 24.0 Å². The highest BCUT2D eigenvalue weighted by atomic mass is 16.5. The number of rotatable bonds is 7. The van der Waals surface area contributed by atoms with Gasteiger partial charge in [-0.05, 0) is 18.4 Å². The number of nitrogens with zero attached hydrogens (tertiary/aromatic N) is 1. The van der Waals surface area contributed by atoms with Crippen molar-refractivity contribution >= 4 is 11.6 Å². The normalized spacial score (nSPS) is 12.3. The number of benzene rings is 2. The number of ether oxygens (including phenoxy) is 3. The van der Waals surface area contributed by atoms with Crippen LogP contribution in [0.25, 0.3) is 0 Å². The highest BCUT2D eigenvalue weighted by Crippen LogP contribution is 2.39. The van der Waals surface area contributed by atoms with Gasteiger partial charge in [-0.15, -0.1) is 0 Å². The van der Waals surface area contributed by atoms with Gasteiger partial charge < -0.3 is 24.8 Å². The van der Waals surface area contributed by atoms with Crippen LogP contribution in [0.3, 0.4) is 0 Å².